The molecule has 6 heteroatoms. The minimum atomic E-state index is -0.0155. The second-order valence-corrected chi connectivity index (χ2v) is 6.47. The average Bonchev–Trinajstić information content (AvgIpc) is 2.80. The quantitative estimate of drug-likeness (QED) is 0.852. The van der Waals surface area contributed by atoms with Crippen LogP contribution in [-0.4, -0.2) is 62.0 Å². The first-order valence-electron chi connectivity index (χ1n) is 6.99. The Bertz CT molecular complexity index is 448. The van der Waals surface area contributed by atoms with Gasteiger partial charge in [0.1, 0.15) is 0 Å². The van der Waals surface area contributed by atoms with Gasteiger partial charge < -0.3 is 15.5 Å². The third-order valence-electron chi connectivity index (χ3n) is 3.70. The lowest BCUT2D eigenvalue weighted by Gasteiger charge is -2.37. The molecule has 0 bridgehead atoms. The fraction of sp³-hybridized carbons (Fsp3) is 0.643. The molecular formula is C14H24N4OS. The predicted molar refractivity (Wildman–Crippen MR) is 84.2 cm³/mol. The van der Waals surface area contributed by atoms with Crippen molar-refractivity contribution in [3.05, 3.63) is 16.3 Å². The van der Waals surface area contributed by atoms with E-state index in [0.717, 1.165) is 38.4 Å². The van der Waals surface area contributed by atoms with Gasteiger partial charge in [-0.3, -0.25) is 9.69 Å². The topological polar surface area (TPSA) is 47.6 Å². The molecule has 112 valence electrons. The second kappa shape index (κ2) is 7.17. The summed E-state index contributed by atoms with van der Waals surface area (Å²) in [6.07, 6.45) is 0. The lowest BCUT2D eigenvalue weighted by molar-refractivity contribution is -0.114. The van der Waals surface area contributed by atoms with Gasteiger partial charge in [0.2, 0.25) is 5.91 Å². The number of thiophene rings is 1. The third kappa shape index (κ3) is 4.28. The molecule has 0 aliphatic carbocycles. The number of nitrogens with zero attached hydrogens (tertiary/aromatic N) is 2. The molecule has 1 amide bonds. The van der Waals surface area contributed by atoms with Gasteiger partial charge in [0.15, 0.2) is 0 Å². The number of likely N-dealkylation sites (N-methyl/N-ethyl adjacent to an activating group) is 2. The van der Waals surface area contributed by atoms with Crippen LogP contribution < -0.4 is 10.6 Å². The number of nitrogens with one attached hydrogen (secondary N) is 2. The number of amides is 1. The first-order valence-corrected chi connectivity index (χ1v) is 7.87. The molecule has 0 saturated carbocycles. The van der Waals surface area contributed by atoms with Crippen LogP contribution >= 0.6 is 11.3 Å². The van der Waals surface area contributed by atoms with Crippen molar-refractivity contribution in [2.45, 2.75) is 19.5 Å². The normalized spacial score (nSPS) is 21.1. The molecule has 1 saturated heterocycles. The molecule has 0 radical (unpaired) electrons. The highest BCUT2D eigenvalue weighted by molar-refractivity contribution is 7.10. The highest BCUT2D eigenvalue weighted by atomic mass is 32.1. The van der Waals surface area contributed by atoms with E-state index in [9.17, 15) is 4.79 Å². The van der Waals surface area contributed by atoms with Gasteiger partial charge in [0.05, 0.1) is 5.69 Å². The van der Waals surface area contributed by atoms with Crippen molar-refractivity contribution in [3.63, 3.8) is 0 Å². The van der Waals surface area contributed by atoms with Crippen LogP contribution in [0.15, 0.2) is 11.4 Å². The zero-order chi connectivity index (χ0) is 14.5. The van der Waals surface area contributed by atoms with Crippen LogP contribution in [0, 0.1) is 0 Å². The van der Waals surface area contributed by atoms with E-state index >= 15 is 0 Å². The molecule has 5 nitrogen and oxygen atoms in total. The lowest BCUT2D eigenvalue weighted by Crippen LogP contribution is -2.53. The van der Waals surface area contributed by atoms with Crippen molar-refractivity contribution in [1.29, 1.82) is 0 Å². The number of carbonyl (C=O) groups excluding carboxylic acids is 1. The maximum atomic E-state index is 11.1. The number of hydrogen-bond acceptors (Lipinski definition) is 5. The lowest BCUT2D eigenvalue weighted by atomic mass is 10.2. The monoisotopic (exact) mass is 296 g/mol. The van der Waals surface area contributed by atoms with Gasteiger partial charge in [0, 0.05) is 50.6 Å². The van der Waals surface area contributed by atoms with E-state index in [2.05, 4.69) is 34.5 Å². The number of piperazine rings is 1. The summed E-state index contributed by atoms with van der Waals surface area (Å²) in [5.41, 5.74) is 0.934. The minimum absolute atomic E-state index is 0.0155. The van der Waals surface area contributed by atoms with E-state index in [1.807, 2.05) is 11.4 Å². The van der Waals surface area contributed by atoms with E-state index in [1.54, 1.807) is 18.3 Å². The Morgan fingerprint density at radius 3 is 3.00 bits per heavy atom. The van der Waals surface area contributed by atoms with Crippen LogP contribution in [-0.2, 0) is 11.3 Å². The summed E-state index contributed by atoms with van der Waals surface area (Å²) < 4.78 is 0. The van der Waals surface area contributed by atoms with Crippen LogP contribution in [0.1, 0.15) is 11.8 Å². The van der Waals surface area contributed by atoms with E-state index in [-0.39, 0.29) is 5.91 Å². The van der Waals surface area contributed by atoms with Gasteiger partial charge in [0.25, 0.3) is 0 Å². The first kappa shape index (κ1) is 15.4. The Labute approximate surface area is 124 Å². The van der Waals surface area contributed by atoms with Crippen molar-refractivity contribution in [2.75, 3.05) is 45.6 Å². The summed E-state index contributed by atoms with van der Waals surface area (Å²) in [6.45, 7) is 6.69. The fourth-order valence-electron chi connectivity index (χ4n) is 2.45. The minimum Gasteiger partial charge on any atom is -0.325 e. The molecule has 0 spiro atoms. The van der Waals surface area contributed by atoms with Gasteiger partial charge in [-0.25, -0.2) is 0 Å². The Morgan fingerprint density at radius 1 is 1.45 bits per heavy atom. The molecule has 1 aliphatic rings. The molecule has 2 N–H and O–H groups in total. The van der Waals surface area contributed by atoms with E-state index in [1.165, 1.54) is 4.88 Å². The number of hydrogen-bond donors (Lipinski definition) is 2. The summed E-state index contributed by atoms with van der Waals surface area (Å²) >= 11 is 1.68. The molecule has 20 heavy (non-hydrogen) atoms. The van der Waals surface area contributed by atoms with Gasteiger partial charge in [-0.15, -0.1) is 11.3 Å². The third-order valence-corrected chi connectivity index (χ3v) is 4.62. The highest BCUT2D eigenvalue weighted by Crippen LogP contribution is 2.22. The number of rotatable bonds is 5. The Hall–Kier alpha value is -0.950. The van der Waals surface area contributed by atoms with Crippen LogP contribution in [0.25, 0.3) is 0 Å². The van der Waals surface area contributed by atoms with Gasteiger partial charge in [-0.2, -0.15) is 0 Å². The van der Waals surface area contributed by atoms with Gasteiger partial charge in [-0.1, -0.05) is 0 Å². The molecule has 1 fully saturated rings. The van der Waals surface area contributed by atoms with Crippen LogP contribution in [0.4, 0.5) is 5.69 Å². The van der Waals surface area contributed by atoms with E-state index in [0.29, 0.717) is 6.04 Å². The van der Waals surface area contributed by atoms with Crippen molar-refractivity contribution >= 4 is 22.9 Å². The van der Waals surface area contributed by atoms with Gasteiger partial charge in [-0.05, 0) is 25.5 Å². The molecule has 1 atom stereocenters. The van der Waals surface area contributed by atoms with E-state index in [4.69, 9.17) is 0 Å². The number of anilines is 1. The van der Waals surface area contributed by atoms with Crippen molar-refractivity contribution < 1.29 is 4.79 Å². The van der Waals surface area contributed by atoms with Crippen molar-refractivity contribution in [2.24, 2.45) is 0 Å². The van der Waals surface area contributed by atoms with Crippen molar-refractivity contribution in [3.8, 4) is 0 Å². The van der Waals surface area contributed by atoms with Crippen molar-refractivity contribution in [1.82, 2.24) is 15.1 Å². The average molecular weight is 296 g/mol. The van der Waals surface area contributed by atoms with Gasteiger partial charge >= 0.3 is 0 Å². The van der Waals surface area contributed by atoms with E-state index < -0.39 is 0 Å². The fourth-order valence-corrected chi connectivity index (χ4v) is 3.25. The second-order valence-electron chi connectivity index (χ2n) is 5.47. The Balaban J connectivity index is 1.80. The van der Waals surface area contributed by atoms with Crippen LogP contribution in [0.5, 0.6) is 0 Å². The first-order chi connectivity index (χ1) is 9.56. The molecule has 2 heterocycles. The summed E-state index contributed by atoms with van der Waals surface area (Å²) in [4.78, 5) is 17.1. The maximum absolute atomic E-state index is 11.1. The molecule has 2 rings (SSSR count). The Morgan fingerprint density at radius 2 is 2.25 bits per heavy atom. The predicted octanol–water partition coefficient (Wildman–Crippen LogP) is 1.04. The summed E-state index contributed by atoms with van der Waals surface area (Å²) in [7, 11) is 4.36. The molecule has 0 aromatic carbocycles. The summed E-state index contributed by atoms with van der Waals surface area (Å²) in [6, 6.07) is 2.52. The molecule has 1 aromatic heterocycles. The zero-order valence-electron chi connectivity index (χ0n) is 12.5. The zero-order valence-corrected chi connectivity index (χ0v) is 13.3. The maximum Gasteiger partial charge on any atom is 0.221 e. The molecule has 1 aromatic rings. The largest absolute Gasteiger partial charge is 0.325 e. The molecule has 1 aliphatic heterocycles. The smallest absolute Gasteiger partial charge is 0.221 e. The highest BCUT2D eigenvalue weighted by Gasteiger charge is 2.21. The molecular weight excluding hydrogens is 272 g/mol. The number of carbonyl (C=O) groups is 1. The Kier molecular flexibility index (Phi) is 5.54. The molecule has 1 unspecified atom stereocenters. The SMILES string of the molecule is CC(=O)Nc1ccsc1CNCC1CN(C)CCN1C. The summed E-state index contributed by atoms with van der Waals surface area (Å²) in [5, 5.41) is 8.40. The summed E-state index contributed by atoms with van der Waals surface area (Å²) in [5.74, 6) is -0.0155. The standard InChI is InChI=1S/C14H24N4OS/c1-11(19)16-13-4-7-20-14(13)9-15-8-12-10-17(2)5-6-18(12)3/h4,7,12,15H,5-6,8-10H2,1-3H3,(H,16,19). The van der Waals surface area contributed by atoms with Crippen LogP contribution in [0.3, 0.4) is 0 Å². The van der Waals surface area contributed by atoms with Crippen LogP contribution in [0.2, 0.25) is 0 Å².